The summed E-state index contributed by atoms with van der Waals surface area (Å²) in [6, 6.07) is 12.8. The molecule has 0 atom stereocenters. The lowest BCUT2D eigenvalue weighted by Crippen LogP contribution is -2.44. The third-order valence-corrected chi connectivity index (χ3v) is 6.86. The zero-order valence-electron chi connectivity index (χ0n) is 19.3. The molecule has 1 saturated heterocycles. The van der Waals surface area contributed by atoms with Gasteiger partial charge in [0.25, 0.3) is 0 Å². The van der Waals surface area contributed by atoms with Gasteiger partial charge in [-0.1, -0.05) is 29.4 Å². The summed E-state index contributed by atoms with van der Waals surface area (Å²) in [7, 11) is 2.16. The third-order valence-electron chi connectivity index (χ3n) is 6.86. The first-order valence-electron chi connectivity index (χ1n) is 11.7. The number of piperazine rings is 1. The van der Waals surface area contributed by atoms with Gasteiger partial charge in [0.05, 0.1) is 11.8 Å². The minimum Gasteiger partial charge on any atom is -0.369 e. The molecule has 178 valence electrons. The maximum atomic E-state index is 14.5. The van der Waals surface area contributed by atoms with E-state index in [-0.39, 0.29) is 5.56 Å². The summed E-state index contributed by atoms with van der Waals surface area (Å²) in [5.41, 5.74) is 5.63. The van der Waals surface area contributed by atoms with Gasteiger partial charge in [0.2, 0.25) is 0 Å². The van der Waals surface area contributed by atoms with Crippen molar-refractivity contribution < 1.29 is 13.3 Å². The highest BCUT2D eigenvalue weighted by Gasteiger charge is 2.24. The Kier molecular flexibility index (Phi) is 5.37. The van der Waals surface area contributed by atoms with Gasteiger partial charge < -0.3 is 24.6 Å². The first-order chi connectivity index (χ1) is 17.1. The van der Waals surface area contributed by atoms with Crippen molar-refractivity contribution in [3.8, 4) is 22.5 Å². The number of nitrogens with one attached hydrogen (secondary N) is 2. The zero-order chi connectivity index (χ0) is 23.9. The van der Waals surface area contributed by atoms with Crippen molar-refractivity contribution in [3.05, 3.63) is 77.6 Å². The smallest absolute Gasteiger partial charge is 0.176 e. The number of aromatic amines is 1. The van der Waals surface area contributed by atoms with Crippen LogP contribution in [-0.2, 0) is 0 Å². The highest BCUT2D eigenvalue weighted by Crippen LogP contribution is 2.40. The third kappa shape index (κ3) is 3.89. The van der Waals surface area contributed by atoms with Crippen molar-refractivity contribution in [1.82, 2.24) is 15.0 Å². The lowest BCUT2D eigenvalue weighted by atomic mass is 9.96. The van der Waals surface area contributed by atoms with E-state index in [0.717, 1.165) is 60.3 Å². The Morgan fingerprint density at radius 2 is 1.74 bits per heavy atom. The number of rotatable bonds is 4. The van der Waals surface area contributed by atoms with Gasteiger partial charge in [0.15, 0.2) is 17.4 Å². The minimum atomic E-state index is -0.920. The number of anilines is 2. The van der Waals surface area contributed by atoms with E-state index in [2.05, 4.69) is 62.6 Å². The monoisotopic (exact) mass is 473 g/mol. The van der Waals surface area contributed by atoms with Gasteiger partial charge in [0, 0.05) is 61.3 Å². The van der Waals surface area contributed by atoms with E-state index in [1.165, 1.54) is 24.0 Å². The first kappa shape index (κ1) is 21.6. The lowest BCUT2D eigenvalue weighted by Gasteiger charge is -2.34. The second-order valence-corrected chi connectivity index (χ2v) is 9.02. The van der Waals surface area contributed by atoms with E-state index in [1.807, 2.05) is 0 Å². The molecule has 0 spiro atoms. The predicted molar refractivity (Wildman–Crippen MR) is 134 cm³/mol. The van der Waals surface area contributed by atoms with Crippen molar-refractivity contribution in [2.24, 2.45) is 0 Å². The van der Waals surface area contributed by atoms with Gasteiger partial charge in [0.1, 0.15) is 5.82 Å². The summed E-state index contributed by atoms with van der Waals surface area (Å²) in [5, 5.41) is 7.30. The summed E-state index contributed by atoms with van der Waals surface area (Å²) in [6.07, 6.45) is 5.33. The number of benzene rings is 2. The maximum Gasteiger partial charge on any atom is 0.176 e. The lowest BCUT2D eigenvalue weighted by molar-refractivity contribution is 0.313. The molecule has 2 aromatic heterocycles. The average molecular weight is 474 g/mol. The van der Waals surface area contributed by atoms with Crippen LogP contribution < -0.4 is 10.2 Å². The largest absolute Gasteiger partial charge is 0.369 e. The van der Waals surface area contributed by atoms with Gasteiger partial charge in [-0.15, -0.1) is 0 Å². The Labute approximate surface area is 201 Å². The molecule has 0 bridgehead atoms. The molecule has 2 aliphatic heterocycles. The highest BCUT2D eigenvalue weighted by molar-refractivity contribution is 5.96. The summed E-state index contributed by atoms with van der Waals surface area (Å²) in [4.78, 5) is 7.98. The maximum absolute atomic E-state index is 14.5. The van der Waals surface area contributed by atoms with Crippen LogP contribution in [0.15, 0.2) is 59.4 Å². The normalized spacial score (nSPS) is 16.1. The van der Waals surface area contributed by atoms with Crippen LogP contribution in [0.25, 0.3) is 34.1 Å². The molecule has 2 aliphatic rings. The Morgan fingerprint density at radius 1 is 0.943 bits per heavy atom. The minimum absolute atomic E-state index is 0.115. The van der Waals surface area contributed by atoms with E-state index < -0.39 is 11.6 Å². The molecule has 6 nitrogen and oxygen atoms in total. The molecule has 4 aromatic rings. The van der Waals surface area contributed by atoms with E-state index >= 15 is 0 Å². The highest BCUT2D eigenvalue weighted by atomic mass is 19.2. The number of likely N-dealkylation sites (N-methyl/N-ethyl adjacent to an activating group) is 1. The van der Waals surface area contributed by atoms with Gasteiger partial charge >= 0.3 is 0 Å². The zero-order valence-corrected chi connectivity index (χ0v) is 19.3. The number of nitrogens with zero attached hydrogens (tertiary/aromatic N) is 3. The molecule has 2 N–H and O–H groups in total. The molecule has 0 radical (unpaired) electrons. The van der Waals surface area contributed by atoms with E-state index in [9.17, 15) is 8.78 Å². The van der Waals surface area contributed by atoms with E-state index in [4.69, 9.17) is 4.52 Å². The number of hydrogen-bond acceptors (Lipinski definition) is 5. The van der Waals surface area contributed by atoms with Gasteiger partial charge in [-0.05, 0) is 42.5 Å². The Morgan fingerprint density at radius 3 is 2.54 bits per heavy atom. The Balaban J connectivity index is 1.32. The second-order valence-electron chi connectivity index (χ2n) is 9.02. The summed E-state index contributed by atoms with van der Waals surface area (Å²) in [6.45, 7) is 4.86. The van der Waals surface area contributed by atoms with E-state index in [0.29, 0.717) is 17.9 Å². The van der Waals surface area contributed by atoms with Crippen LogP contribution in [0, 0.1) is 11.6 Å². The van der Waals surface area contributed by atoms with Crippen molar-refractivity contribution >= 4 is 23.2 Å². The molecular formula is C27H25F2N5O. The van der Waals surface area contributed by atoms with Crippen molar-refractivity contribution in [3.63, 3.8) is 0 Å². The summed E-state index contributed by atoms with van der Waals surface area (Å²) >= 11 is 0. The van der Waals surface area contributed by atoms with Crippen LogP contribution >= 0.6 is 0 Å². The van der Waals surface area contributed by atoms with Crippen LogP contribution in [0.2, 0.25) is 0 Å². The SMILES string of the molecule is CN1CCN(c2ccc(C3=Cc4c(-c5oncc5-c5cccc(F)c5F)c[nH]c4NC3)cc2)CC1. The molecule has 0 aliphatic carbocycles. The van der Waals surface area contributed by atoms with Gasteiger partial charge in [-0.3, -0.25) is 0 Å². The Hall–Kier alpha value is -3.91. The number of halogens is 2. The molecule has 0 saturated carbocycles. The van der Waals surface area contributed by atoms with Crippen molar-refractivity contribution in [2.45, 2.75) is 0 Å². The molecule has 0 unspecified atom stereocenters. The van der Waals surface area contributed by atoms with Crippen LogP contribution in [0.5, 0.6) is 0 Å². The number of hydrogen-bond donors (Lipinski definition) is 2. The average Bonchev–Trinajstić information content (AvgIpc) is 3.53. The van der Waals surface area contributed by atoms with Gasteiger partial charge in [-0.2, -0.15) is 0 Å². The molecular weight excluding hydrogens is 448 g/mol. The van der Waals surface area contributed by atoms with Gasteiger partial charge in [-0.25, -0.2) is 8.78 Å². The number of fused-ring (bicyclic) bond motifs is 1. The molecule has 6 rings (SSSR count). The van der Waals surface area contributed by atoms with Crippen LogP contribution in [0.3, 0.4) is 0 Å². The van der Waals surface area contributed by atoms with Crippen LogP contribution in [0.4, 0.5) is 20.3 Å². The fourth-order valence-electron chi connectivity index (χ4n) is 4.80. The predicted octanol–water partition coefficient (Wildman–Crippen LogP) is 5.33. The Bertz CT molecular complexity index is 1400. The second kappa shape index (κ2) is 8.70. The topological polar surface area (TPSA) is 60.3 Å². The quantitative estimate of drug-likeness (QED) is 0.419. The summed E-state index contributed by atoms with van der Waals surface area (Å²) in [5.74, 6) is -0.595. The standard InChI is InChI=1S/C27H25F2N5O/c1-33-9-11-34(12-10-33)19-7-5-17(6-8-19)18-13-21-22(15-31-27(21)30-14-18)26-23(16-32-35-26)20-3-2-4-24(28)25(20)29/h2-8,13,15-16,30-31H,9-12,14H2,1H3. The molecule has 8 heteroatoms. The molecule has 4 heterocycles. The molecule has 2 aromatic carbocycles. The molecule has 0 amide bonds. The molecule has 35 heavy (non-hydrogen) atoms. The number of aromatic nitrogens is 2. The fraction of sp³-hybridized carbons (Fsp3) is 0.222. The van der Waals surface area contributed by atoms with E-state index in [1.54, 1.807) is 6.20 Å². The van der Waals surface area contributed by atoms with Crippen molar-refractivity contribution in [2.75, 3.05) is 50.0 Å². The summed E-state index contributed by atoms with van der Waals surface area (Å²) < 4.78 is 33.9. The number of H-pyrrole nitrogens is 1. The van der Waals surface area contributed by atoms with Crippen LogP contribution in [-0.4, -0.2) is 54.8 Å². The van der Waals surface area contributed by atoms with Crippen LogP contribution in [0.1, 0.15) is 11.1 Å². The molecule has 1 fully saturated rings. The first-order valence-corrected chi connectivity index (χ1v) is 11.7. The van der Waals surface area contributed by atoms with Crippen molar-refractivity contribution in [1.29, 1.82) is 0 Å². The fourth-order valence-corrected chi connectivity index (χ4v) is 4.80.